The highest BCUT2D eigenvalue weighted by atomic mass is 16.6. The molecule has 0 aliphatic heterocycles. The molecule has 0 saturated carbocycles. The zero-order valence-electron chi connectivity index (χ0n) is 53.8. The predicted octanol–water partition coefficient (Wildman–Crippen LogP) is 11.7. The van der Waals surface area contributed by atoms with Gasteiger partial charge >= 0.3 is 23.9 Å². The van der Waals surface area contributed by atoms with Gasteiger partial charge in [-0.1, -0.05) is 69.5 Å². The predicted molar refractivity (Wildman–Crippen MR) is 362 cm³/mol. The molecule has 18 heteroatoms. The highest BCUT2D eigenvalue weighted by Crippen LogP contribution is 2.34. The lowest BCUT2D eigenvalue weighted by Crippen LogP contribution is -2.27. The Bertz CT molecular complexity index is 3330. The van der Waals surface area contributed by atoms with Crippen molar-refractivity contribution in [1.82, 2.24) is 19.6 Å². The quantitative estimate of drug-likeness (QED) is 0.00936. The number of phenolic OH excluding ortho intramolecular Hbond substituents is 4. The monoisotopic (exact) mass is 1220 g/mol. The topological polar surface area (TPSA) is 235 Å². The van der Waals surface area contributed by atoms with E-state index in [1.54, 1.807) is 124 Å². The summed E-state index contributed by atoms with van der Waals surface area (Å²) < 4.78 is 28.7. The summed E-state index contributed by atoms with van der Waals surface area (Å²) in [5.41, 5.74) is 18.1. The molecule has 0 spiro atoms. The highest BCUT2D eigenvalue weighted by molar-refractivity contribution is 5.79. The van der Waals surface area contributed by atoms with Gasteiger partial charge in [0, 0.05) is 24.7 Å². The molecule has 88 heavy (non-hydrogen) atoms. The fourth-order valence-corrected chi connectivity index (χ4v) is 7.32. The molecule has 4 aromatic rings. The molecule has 5 N–H and O–H groups in total. The molecule has 18 nitrogen and oxygen atoms in total. The minimum absolute atomic E-state index is 0. The standard InChI is InChI=1S/C34H50N4O8.C18H22O4.C8H4.C7H2N2.C3H6.9H2/c1-23(15-25-11-13-27(43-31(39)19-35(3)4)29(17-25)45-33(41)21-37(7)8)24(2)16-26-12-14-28(44-32(40)20-36(5)6)30(18-26)46-34(42)22-38(9)10;1-11(7-13-3-5-15(19)17(21)9-13)12(2)8-14-4-6-16(20)18(22)10-14;1-3-5-7-8-6-4-2;1-2-3-4-5-6-9-7-8;1-3-2;;;;;;;;;/h11-14,17-18,23-24H,15-16,19-22H2,1-10H3;3-6,9-12,19-22H,7-8H2,1-2H3;1-2H2;1,8H;3H,1H2,2H3;9*1H/t23-,24+;11-,12+;;;;;;;;;;;;/i;;1D;;;;;;;;;;;. The first kappa shape index (κ1) is 76.0. The second kappa shape index (κ2) is 44.5. The summed E-state index contributed by atoms with van der Waals surface area (Å²) >= 11 is 0. The molecule has 0 unspecified atom stereocenters. The number of carbonyl (C=O) groups excluding carboxylic acids is 4. The van der Waals surface area contributed by atoms with E-state index >= 15 is 0 Å². The zero-order valence-corrected chi connectivity index (χ0v) is 52.8. The molecule has 0 aliphatic rings. The van der Waals surface area contributed by atoms with Crippen molar-refractivity contribution in [3.8, 4) is 82.1 Å². The molecular weight excluding hydrogens is 1120 g/mol. The Morgan fingerprint density at radius 2 is 0.864 bits per heavy atom. The number of hydrogen-bond donors (Lipinski definition) is 5. The first-order chi connectivity index (χ1) is 42.1. The van der Waals surface area contributed by atoms with Crippen LogP contribution in [0.15, 0.2) is 138 Å². The van der Waals surface area contributed by atoms with Crippen molar-refractivity contribution in [2.75, 3.05) is 82.6 Å². The van der Waals surface area contributed by atoms with E-state index in [-0.39, 0.29) is 96.9 Å². The number of carbonyl (C=O) groups is 4. The second-order valence-corrected chi connectivity index (χ2v) is 20.9. The lowest BCUT2D eigenvalue weighted by Gasteiger charge is -2.22. The number of aromatic hydroxyl groups is 4. The van der Waals surface area contributed by atoms with Gasteiger partial charge in [0.05, 0.1) is 33.6 Å². The largest absolute Gasteiger partial charge is 0.504 e. The summed E-state index contributed by atoms with van der Waals surface area (Å²) in [6.45, 7) is 18.3. The lowest BCUT2D eigenvalue weighted by atomic mass is 9.85. The van der Waals surface area contributed by atoms with Gasteiger partial charge in [0.2, 0.25) is 0 Å². The number of hydrogen-bond acceptors (Lipinski definition) is 18. The average molecular weight is 1220 g/mol. The Hall–Kier alpha value is -9.98. The van der Waals surface area contributed by atoms with Crippen molar-refractivity contribution in [2.24, 2.45) is 28.7 Å². The second-order valence-electron chi connectivity index (χ2n) is 20.9. The highest BCUT2D eigenvalue weighted by Gasteiger charge is 2.22. The molecule has 0 heterocycles. The van der Waals surface area contributed by atoms with Crippen LogP contribution in [-0.4, -0.2) is 152 Å². The number of terminal acetylenes is 1. The van der Waals surface area contributed by atoms with Gasteiger partial charge in [-0.05, 0) is 231 Å². The van der Waals surface area contributed by atoms with Crippen molar-refractivity contribution < 1.29 is 72.8 Å². The third-order valence-electron chi connectivity index (χ3n) is 11.7. The number of ether oxygens (including phenoxy) is 4. The fourth-order valence-electron chi connectivity index (χ4n) is 7.32. The number of likely N-dealkylation sites (N-methyl/N-ethyl adjacent to an activating group) is 4. The third-order valence-corrected chi connectivity index (χ3v) is 11.7. The van der Waals surface area contributed by atoms with Crippen LogP contribution >= 0.6 is 0 Å². The minimum Gasteiger partial charge on any atom is -0.504 e. The lowest BCUT2D eigenvalue weighted by molar-refractivity contribution is -0.137. The number of nitrogens with zero attached hydrogens (tertiary/aromatic N) is 5. The van der Waals surface area contributed by atoms with Gasteiger partial charge in [0.1, 0.15) is 6.01 Å². The van der Waals surface area contributed by atoms with Crippen LogP contribution in [0.5, 0.6) is 46.0 Å². The van der Waals surface area contributed by atoms with Crippen LogP contribution in [-0.2, 0) is 44.9 Å². The van der Waals surface area contributed by atoms with Crippen LogP contribution in [0.2, 0.25) is 0 Å². The Kier molecular flexibility index (Phi) is 38.4. The number of rotatable bonds is 22. The maximum absolute atomic E-state index is 12.5. The SMILES string of the molecule is C#CC#CC#CN=C=N.C=CC.C[C@H](Cc1ccc(O)c(O)c1)[C@@H](C)Cc1ccc(O)c(O)c1.C[C@H](Cc1ccc(OC(=O)CN(C)C)c(OC(=O)CN(C)C)c1)[C@@H](C)Cc1ccc(OC(=O)CN(C)C)c(OC(=O)CN(C)C)c1.[2H]C=C=C=C=C=C=C=C.[HH].[HH].[HH].[HH].[HH].[HH].[HH].[HH].[HH]. The summed E-state index contributed by atoms with van der Waals surface area (Å²) in [5, 5.41) is 44.0. The normalized spacial score (nSPS) is 11.1. The molecule has 0 bridgehead atoms. The van der Waals surface area contributed by atoms with E-state index in [1.165, 1.54) is 12.1 Å². The maximum atomic E-state index is 12.5. The van der Waals surface area contributed by atoms with Crippen molar-refractivity contribution in [1.29, 1.82) is 5.41 Å². The molecule has 0 amide bonds. The molecule has 0 aromatic heterocycles. The van der Waals surface area contributed by atoms with Crippen molar-refractivity contribution >= 4 is 29.9 Å². The van der Waals surface area contributed by atoms with Crippen molar-refractivity contribution in [3.05, 3.63) is 155 Å². The van der Waals surface area contributed by atoms with Crippen LogP contribution in [0.3, 0.4) is 0 Å². The smallest absolute Gasteiger partial charge is 0.325 e. The van der Waals surface area contributed by atoms with Gasteiger partial charge in [-0.15, -0.1) is 18.0 Å². The number of aliphatic imine (C=N–C) groups is 1. The molecular formula is C70H102N6O12. The van der Waals surface area contributed by atoms with Crippen LogP contribution in [0.25, 0.3) is 0 Å². The Balaban J connectivity index is -0.000000155. The number of allylic oxidation sites excluding steroid dienone is 1. The molecule has 0 fully saturated rings. The molecule has 4 atom stereocenters. The van der Waals surface area contributed by atoms with E-state index in [0.717, 1.165) is 41.7 Å². The Morgan fingerprint density at radius 3 is 1.16 bits per heavy atom. The number of esters is 4. The number of benzene rings is 4. The summed E-state index contributed by atoms with van der Waals surface area (Å²) in [4.78, 5) is 59.6. The van der Waals surface area contributed by atoms with Gasteiger partial charge in [0.15, 0.2) is 46.0 Å². The zero-order chi connectivity index (χ0) is 67.4. The van der Waals surface area contributed by atoms with Crippen LogP contribution < -0.4 is 18.9 Å². The summed E-state index contributed by atoms with van der Waals surface area (Å²) in [7, 11) is 14.1. The van der Waals surface area contributed by atoms with E-state index in [0.29, 0.717) is 24.7 Å². The summed E-state index contributed by atoms with van der Waals surface area (Å²) in [5.74, 6) is 8.51. The third kappa shape index (κ3) is 36.0. The molecule has 0 aliphatic carbocycles. The van der Waals surface area contributed by atoms with Gasteiger partial charge in [-0.25, -0.2) is 5.41 Å². The molecule has 4 rings (SSSR count). The van der Waals surface area contributed by atoms with Crippen molar-refractivity contribution in [2.45, 2.75) is 60.3 Å². The number of nitrogens with one attached hydrogen (secondary N) is 1. The minimum atomic E-state index is -0.466. The maximum Gasteiger partial charge on any atom is 0.325 e. The van der Waals surface area contributed by atoms with Crippen molar-refractivity contribution in [3.63, 3.8) is 0 Å². The van der Waals surface area contributed by atoms with E-state index in [1.807, 2.05) is 31.2 Å². The van der Waals surface area contributed by atoms with E-state index in [9.17, 15) is 39.6 Å². The Labute approximate surface area is 535 Å². The van der Waals surface area contributed by atoms with E-state index < -0.39 is 23.9 Å². The van der Waals surface area contributed by atoms with E-state index in [4.69, 9.17) is 32.2 Å². The van der Waals surface area contributed by atoms with Gasteiger partial charge in [-0.2, -0.15) is 0 Å². The van der Waals surface area contributed by atoms with Crippen LogP contribution in [0, 0.1) is 65.2 Å². The Morgan fingerprint density at radius 1 is 0.545 bits per heavy atom. The molecule has 0 radical (unpaired) electrons. The van der Waals surface area contributed by atoms with Gasteiger partial charge < -0.3 is 39.4 Å². The van der Waals surface area contributed by atoms with Crippen LogP contribution in [0.4, 0.5) is 0 Å². The van der Waals surface area contributed by atoms with Gasteiger partial charge in [-0.3, -0.25) is 38.8 Å². The van der Waals surface area contributed by atoms with E-state index in [2.05, 4.69) is 110 Å². The molecule has 484 valence electrons. The fraction of sp³-hybridized carbons (Fsp3) is 0.357. The average Bonchev–Trinajstić information content (AvgIpc) is 0.851. The number of phenols is 4. The summed E-state index contributed by atoms with van der Waals surface area (Å²) in [6.07, 6.45) is 9.43. The van der Waals surface area contributed by atoms with Crippen LogP contribution in [0.1, 0.15) is 71.1 Å². The molecule has 4 aromatic carbocycles. The van der Waals surface area contributed by atoms with Gasteiger partial charge in [0.25, 0.3) is 0 Å². The first-order valence-corrected chi connectivity index (χ1v) is 27.4. The molecule has 0 saturated heterocycles. The summed E-state index contributed by atoms with van der Waals surface area (Å²) in [6, 6.07) is 24.2. The first-order valence-electron chi connectivity index (χ1n) is 28.0.